The minimum Gasteiger partial charge on any atom is -0.494 e. The predicted molar refractivity (Wildman–Crippen MR) is 93.4 cm³/mol. The Kier molecular flexibility index (Phi) is 4.81. The molecule has 1 heterocycles. The van der Waals surface area contributed by atoms with Crippen LogP contribution in [0.15, 0.2) is 53.6 Å². The summed E-state index contributed by atoms with van der Waals surface area (Å²) in [4.78, 5) is 0. The van der Waals surface area contributed by atoms with E-state index in [2.05, 4.69) is 15.3 Å². The number of halogens is 1. The second-order valence-corrected chi connectivity index (χ2v) is 5.27. The molecule has 3 rings (SSSR count). The summed E-state index contributed by atoms with van der Waals surface area (Å²) in [7, 11) is 0. The maximum atomic E-state index is 13.7. The van der Waals surface area contributed by atoms with Gasteiger partial charge in [0.25, 0.3) is 0 Å². The van der Waals surface area contributed by atoms with E-state index < -0.39 is 0 Å². The molecule has 0 saturated carbocycles. The molecule has 7 heteroatoms. The van der Waals surface area contributed by atoms with Gasteiger partial charge in [-0.25, -0.2) is 9.49 Å². The third kappa shape index (κ3) is 3.41. The highest BCUT2D eigenvalue weighted by Crippen LogP contribution is 2.21. The molecular formula is C17H15FN4OS. The number of nitrogens with one attached hydrogen (secondary N) is 1. The van der Waals surface area contributed by atoms with Crippen molar-refractivity contribution in [1.82, 2.24) is 14.9 Å². The molecule has 0 aliphatic carbocycles. The lowest BCUT2D eigenvalue weighted by molar-refractivity contribution is 0.340. The number of H-pyrrole nitrogens is 1. The topological polar surface area (TPSA) is 55.2 Å². The van der Waals surface area contributed by atoms with Crippen LogP contribution in [0.5, 0.6) is 5.75 Å². The minimum absolute atomic E-state index is 0.325. The lowest BCUT2D eigenvalue weighted by Gasteiger charge is -2.04. The molecule has 5 nitrogen and oxygen atoms in total. The zero-order valence-corrected chi connectivity index (χ0v) is 13.8. The third-order valence-electron chi connectivity index (χ3n) is 3.29. The SMILES string of the molecule is CCOc1ccc(-c2n[nH]c(=S)n2N=Cc2ccccc2F)cc1. The Morgan fingerprint density at radius 1 is 1.25 bits per heavy atom. The van der Waals surface area contributed by atoms with Crippen molar-refractivity contribution < 1.29 is 9.13 Å². The summed E-state index contributed by atoms with van der Waals surface area (Å²) in [5.41, 5.74) is 1.19. The van der Waals surface area contributed by atoms with Gasteiger partial charge in [-0.15, -0.1) is 0 Å². The molecule has 3 aromatic rings. The Morgan fingerprint density at radius 3 is 2.71 bits per heavy atom. The van der Waals surface area contributed by atoms with Gasteiger partial charge in [-0.1, -0.05) is 18.2 Å². The highest BCUT2D eigenvalue weighted by molar-refractivity contribution is 7.71. The molecule has 24 heavy (non-hydrogen) atoms. The van der Waals surface area contributed by atoms with E-state index in [4.69, 9.17) is 17.0 Å². The van der Waals surface area contributed by atoms with Crippen molar-refractivity contribution in [2.45, 2.75) is 6.92 Å². The maximum Gasteiger partial charge on any atom is 0.216 e. The highest BCUT2D eigenvalue weighted by Gasteiger charge is 2.08. The first-order valence-electron chi connectivity index (χ1n) is 7.38. The molecule has 0 amide bonds. The van der Waals surface area contributed by atoms with Crippen molar-refractivity contribution in [2.24, 2.45) is 5.10 Å². The Balaban J connectivity index is 1.94. The molecule has 1 aromatic heterocycles. The van der Waals surface area contributed by atoms with E-state index >= 15 is 0 Å². The summed E-state index contributed by atoms with van der Waals surface area (Å²) < 4.78 is 20.9. The van der Waals surface area contributed by atoms with E-state index in [9.17, 15) is 4.39 Å². The second-order valence-electron chi connectivity index (χ2n) is 4.89. The number of benzene rings is 2. The fourth-order valence-electron chi connectivity index (χ4n) is 2.15. The zero-order chi connectivity index (χ0) is 16.9. The number of hydrogen-bond acceptors (Lipinski definition) is 4. The van der Waals surface area contributed by atoms with E-state index in [0.29, 0.717) is 22.8 Å². The summed E-state index contributed by atoms with van der Waals surface area (Å²) >= 11 is 5.20. The zero-order valence-electron chi connectivity index (χ0n) is 12.9. The monoisotopic (exact) mass is 342 g/mol. The van der Waals surface area contributed by atoms with Crippen molar-refractivity contribution >= 4 is 18.4 Å². The quantitative estimate of drug-likeness (QED) is 0.563. The summed E-state index contributed by atoms with van der Waals surface area (Å²) in [5, 5.41) is 11.2. The van der Waals surface area contributed by atoms with Crippen LogP contribution in [-0.4, -0.2) is 27.7 Å². The number of ether oxygens (including phenoxy) is 1. The minimum atomic E-state index is -0.348. The van der Waals surface area contributed by atoms with Gasteiger partial charge in [-0.05, 0) is 49.5 Å². The molecule has 2 aromatic carbocycles. The standard InChI is InChI=1S/C17H15FN4OS/c1-2-23-14-9-7-12(8-10-14)16-20-21-17(24)22(16)19-11-13-5-3-4-6-15(13)18/h3-11H,2H2,1H3,(H,21,24). The van der Waals surface area contributed by atoms with Crippen LogP contribution >= 0.6 is 12.2 Å². The molecule has 122 valence electrons. The predicted octanol–water partition coefficient (Wildman–Crippen LogP) is 4.03. The van der Waals surface area contributed by atoms with Crippen molar-refractivity contribution in [3.63, 3.8) is 0 Å². The average Bonchev–Trinajstić information content (AvgIpc) is 2.96. The molecule has 0 unspecified atom stereocenters. The van der Waals surface area contributed by atoms with Crippen LogP contribution in [0.3, 0.4) is 0 Å². The summed E-state index contributed by atoms with van der Waals surface area (Å²) in [5.74, 6) is 0.964. The number of hydrogen-bond donors (Lipinski definition) is 1. The fourth-order valence-corrected chi connectivity index (χ4v) is 2.33. The summed E-state index contributed by atoms with van der Waals surface area (Å²) in [6.45, 7) is 2.53. The van der Waals surface area contributed by atoms with E-state index in [1.807, 2.05) is 31.2 Å². The normalized spacial score (nSPS) is 11.1. The summed E-state index contributed by atoms with van der Waals surface area (Å²) in [6, 6.07) is 13.8. The molecule has 0 saturated heterocycles. The molecule has 0 fully saturated rings. The Labute approximate surface area is 143 Å². The number of nitrogens with zero attached hydrogens (tertiary/aromatic N) is 3. The van der Waals surface area contributed by atoms with Gasteiger partial charge in [0, 0.05) is 11.1 Å². The van der Waals surface area contributed by atoms with Gasteiger partial charge in [0.05, 0.1) is 12.8 Å². The Morgan fingerprint density at radius 2 is 2.00 bits per heavy atom. The van der Waals surface area contributed by atoms with Crippen molar-refractivity contribution in [2.75, 3.05) is 6.61 Å². The highest BCUT2D eigenvalue weighted by atomic mass is 32.1. The average molecular weight is 342 g/mol. The largest absolute Gasteiger partial charge is 0.494 e. The molecule has 0 bridgehead atoms. The van der Waals surface area contributed by atoms with Crippen LogP contribution in [0.4, 0.5) is 4.39 Å². The van der Waals surface area contributed by atoms with Crippen LogP contribution < -0.4 is 4.74 Å². The van der Waals surface area contributed by atoms with Gasteiger partial charge in [0.1, 0.15) is 11.6 Å². The first-order chi connectivity index (χ1) is 11.7. The van der Waals surface area contributed by atoms with Gasteiger partial charge in [0.2, 0.25) is 4.77 Å². The van der Waals surface area contributed by atoms with E-state index in [0.717, 1.165) is 11.3 Å². The van der Waals surface area contributed by atoms with Gasteiger partial charge in [-0.3, -0.25) is 0 Å². The lowest BCUT2D eigenvalue weighted by Crippen LogP contribution is -1.96. The van der Waals surface area contributed by atoms with Gasteiger partial charge < -0.3 is 4.74 Å². The Bertz CT molecular complexity index is 915. The number of aromatic amines is 1. The first-order valence-corrected chi connectivity index (χ1v) is 7.79. The van der Waals surface area contributed by atoms with E-state index in [1.54, 1.807) is 18.2 Å². The molecule has 0 spiro atoms. The van der Waals surface area contributed by atoms with Gasteiger partial charge >= 0.3 is 0 Å². The number of aromatic nitrogens is 3. The summed E-state index contributed by atoms with van der Waals surface area (Å²) in [6.07, 6.45) is 1.42. The Hall–Kier alpha value is -2.80. The first kappa shape index (κ1) is 16.1. The third-order valence-corrected chi connectivity index (χ3v) is 3.56. The number of rotatable bonds is 5. The van der Waals surface area contributed by atoms with Crippen LogP contribution in [0.2, 0.25) is 0 Å². The van der Waals surface area contributed by atoms with Crippen LogP contribution in [0.25, 0.3) is 11.4 Å². The second kappa shape index (κ2) is 7.18. The molecule has 0 aliphatic rings. The van der Waals surface area contributed by atoms with Crippen LogP contribution in [-0.2, 0) is 0 Å². The van der Waals surface area contributed by atoms with Crippen molar-refractivity contribution in [3.05, 3.63) is 64.7 Å². The molecule has 1 N–H and O–H groups in total. The maximum absolute atomic E-state index is 13.7. The molecule has 0 atom stereocenters. The van der Waals surface area contributed by atoms with E-state index in [-0.39, 0.29) is 5.82 Å². The van der Waals surface area contributed by atoms with E-state index in [1.165, 1.54) is 17.0 Å². The van der Waals surface area contributed by atoms with Crippen LogP contribution in [0, 0.1) is 10.6 Å². The van der Waals surface area contributed by atoms with Gasteiger partial charge in [-0.2, -0.15) is 14.9 Å². The van der Waals surface area contributed by atoms with Gasteiger partial charge in [0.15, 0.2) is 5.82 Å². The van der Waals surface area contributed by atoms with Crippen molar-refractivity contribution in [3.8, 4) is 17.1 Å². The molecule has 0 radical (unpaired) electrons. The molecule has 0 aliphatic heterocycles. The smallest absolute Gasteiger partial charge is 0.216 e. The fraction of sp³-hybridized carbons (Fsp3) is 0.118. The van der Waals surface area contributed by atoms with Crippen LogP contribution in [0.1, 0.15) is 12.5 Å². The van der Waals surface area contributed by atoms with Crippen molar-refractivity contribution in [1.29, 1.82) is 0 Å². The molecular weight excluding hydrogens is 327 g/mol. The lowest BCUT2D eigenvalue weighted by atomic mass is 10.2.